The summed E-state index contributed by atoms with van der Waals surface area (Å²) in [6.45, 7) is 5.87. The summed E-state index contributed by atoms with van der Waals surface area (Å²) in [7, 11) is -2.84. The fourth-order valence-electron chi connectivity index (χ4n) is 4.32. The summed E-state index contributed by atoms with van der Waals surface area (Å²) in [4.78, 5) is 24.0. The smallest absolute Gasteiger partial charge is 0.319 e. The fourth-order valence-corrected chi connectivity index (χ4v) is 5.59. The molecule has 2 amide bonds. The van der Waals surface area contributed by atoms with Crippen molar-refractivity contribution in [2.45, 2.75) is 56.6 Å². The Morgan fingerprint density at radius 2 is 1.97 bits per heavy atom. The minimum Gasteiger partial charge on any atom is -0.379 e. The van der Waals surface area contributed by atoms with E-state index < -0.39 is 10.6 Å². The van der Waals surface area contributed by atoms with Crippen molar-refractivity contribution >= 4 is 33.9 Å². The topological polar surface area (TPSA) is 119 Å². The van der Waals surface area contributed by atoms with Gasteiger partial charge in [-0.15, -0.1) is 0 Å². The van der Waals surface area contributed by atoms with Gasteiger partial charge in [0.25, 0.3) is 0 Å². The Kier molecular flexibility index (Phi) is 6.04. The van der Waals surface area contributed by atoms with E-state index in [0.717, 1.165) is 29.7 Å². The van der Waals surface area contributed by atoms with Gasteiger partial charge in [0.2, 0.25) is 0 Å². The van der Waals surface area contributed by atoms with Crippen LogP contribution in [0.1, 0.15) is 38.7 Å². The van der Waals surface area contributed by atoms with E-state index in [-0.39, 0.29) is 23.5 Å². The maximum Gasteiger partial charge on any atom is 0.319 e. The Morgan fingerprint density at radius 3 is 2.67 bits per heavy atom. The second-order valence-electron chi connectivity index (χ2n) is 9.22. The van der Waals surface area contributed by atoms with E-state index in [1.54, 1.807) is 5.41 Å². The van der Waals surface area contributed by atoms with E-state index >= 15 is 0 Å². The van der Waals surface area contributed by atoms with E-state index in [2.05, 4.69) is 22.5 Å². The second kappa shape index (κ2) is 8.84. The average Bonchev–Trinajstić information content (AvgIpc) is 3.59. The first-order valence-electron chi connectivity index (χ1n) is 11.5. The molecule has 33 heavy (non-hydrogen) atoms. The first-order valence-corrected chi connectivity index (χ1v) is 13.1. The van der Waals surface area contributed by atoms with Crippen LogP contribution in [0.4, 0.5) is 10.5 Å². The van der Waals surface area contributed by atoms with Crippen molar-refractivity contribution in [1.82, 2.24) is 10.2 Å². The van der Waals surface area contributed by atoms with Crippen molar-refractivity contribution < 1.29 is 18.6 Å². The summed E-state index contributed by atoms with van der Waals surface area (Å²) in [5, 5.41) is 7.07. The number of carbonyl (C=O) groups is 1. The number of nitrogens with one attached hydrogen (secondary N) is 2. The molecular weight excluding hydrogens is 442 g/mol. The molecule has 1 aliphatic carbocycles. The van der Waals surface area contributed by atoms with Crippen LogP contribution in [-0.2, 0) is 4.74 Å². The van der Waals surface area contributed by atoms with Crippen LogP contribution in [0, 0.1) is 0 Å². The molecule has 10 heteroatoms. The predicted molar refractivity (Wildman–Crippen MR) is 131 cm³/mol. The molecule has 1 aromatic carbocycles. The molecule has 3 unspecified atom stereocenters. The number of amidine groups is 1. The van der Waals surface area contributed by atoms with Crippen molar-refractivity contribution in [1.29, 1.82) is 0 Å². The van der Waals surface area contributed by atoms with Gasteiger partial charge in [-0.1, -0.05) is 0 Å². The SMILES string of the molecule is CC1COCCN1C1N=C(c2ccc(NC(=O)NC3CC3)cc2)N=C2CC(C)S(O)(O)C=C21. The van der Waals surface area contributed by atoms with E-state index in [1.807, 2.05) is 31.2 Å². The highest BCUT2D eigenvalue weighted by Crippen LogP contribution is 2.52. The minimum absolute atomic E-state index is 0.145. The van der Waals surface area contributed by atoms with E-state index in [9.17, 15) is 13.9 Å². The number of nitrogens with zero attached hydrogens (tertiary/aromatic N) is 3. The van der Waals surface area contributed by atoms with Gasteiger partial charge in [-0.25, -0.2) is 14.8 Å². The molecule has 3 aliphatic heterocycles. The Hall–Kier alpha value is -2.24. The van der Waals surface area contributed by atoms with Crippen LogP contribution < -0.4 is 10.6 Å². The Labute approximate surface area is 195 Å². The van der Waals surface area contributed by atoms with Gasteiger partial charge in [0.1, 0.15) is 6.17 Å². The molecule has 0 bridgehead atoms. The van der Waals surface area contributed by atoms with Crippen LogP contribution in [-0.4, -0.2) is 74.8 Å². The lowest BCUT2D eigenvalue weighted by atomic mass is 10.00. The number of carbonyl (C=O) groups excluding carboxylic acids is 1. The number of fused-ring (bicyclic) bond motifs is 1. The number of anilines is 1. The Balaban J connectivity index is 1.43. The molecule has 1 saturated carbocycles. The number of hydrogen-bond donors (Lipinski definition) is 4. The number of benzene rings is 1. The lowest BCUT2D eigenvalue weighted by molar-refractivity contribution is -0.0127. The first-order chi connectivity index (χ1) is 15.8. The highest BCUT2D eigenvalue weighted by atomic mass is 32.3. The zero-order valence-electron chi connectivity index (χ0n) is 18.9. The zero-order valence-corrected chi connectivity index (χ0v) is 19.7. The highest BCUT2D eigenvalue weighted by molar-refractivity contribution is 8.27. The standard InChI is InChI=1S/C23H31N5O4S/c1-14-12-32-10-9-28(14)22-19-13-33(30,31)15(2)11-20(19)26-21(27-22)16-3-5-17(6-4-16)24-23(29)25-18-7-8-18/h3-6,13-15,18,22,30-31H,7-12H2,1-2H3,(H2,24,25,29). The van der Waals surface area contributed by atoms with Crippen molar-refractivity contribution in [3.63, 3.8) is 0 Å². The summed E-state index contributed by atoms with van der Waals surface area (Å²) in [5.41, 5.74) is 3.21. The van der Waals surface area contributed by atoms with E-state index in [4.69, 9.17) is 14.7 Å². The number of ether oxygens (including phenoxy) is 1. The molecule has 0 spiro atoms. The summed E-state index contributed by atoms with van der Waals surface area (Å²) in [5.74, 6) is 0.616. The number of urea groups is 1. The normalized spacial score (nSPS) is 30.3. The van der Waals surface area contributed by atoms with Crippen LogP contribution in [0.25, 0.3) is 0 Å². The molecule has 4 N–H and O–H groups in total. The van der Waals surface area contributed by atoms with E-state index in [0.29, 0.717) is 43.7 Å². The summed E-state index contributed by atoms with van der Waals surface area (Å²) < 4.78 is 26.8. The van der Waals surface area contributed by atoms with Crippen molar-refractivity contribution in [3.8, 4) is 0 Å². The van der Waals surface area contributed by atoms with Gasteiger partial charge in [0.05, 0.1) is 24.2 Å². The zero-order chi connectivity index (χ0) is 23.2. The van der Waals surface area contributed by atoms with Gasteiger partial charge < -0.3 is 15.4 Å². The van der Waals surface area contributed by atoms with Gasteiger partial charge in [-0.2, -0.15) is 10.6 Å². The van der Waals surface area contributed by atoms with Crippen LogP contribution in [0.2, 0.25) is 0 Å². The van der Waals surface area contributed by atoms with Gasteiger partial charge >= 0.3 is 6.03 Å². The molecule has 2 fully saturated rings. The van der Waals surface area contributed by atoms with Gasteiger partial charge in [-0.05, 0) is 51.0 Å². The molecule has 0 radical (unpaired) electrons. The second-order valence-corrected chi connectivity index (χ2v) is 11.5. The maximum atomic E-state index is 12.0. The van der Waals surface area contributed by atoms with Gasteiger partial charge in [-0.3, -0.25) is 14.0 Å². The first kappa shape index (κ1) is 22.5. The lowest BCUT2D eigenvalue weighted by Crippen LogP contribution is -2.52. The summed E-state index contributed by atoms with van der Waals surface area (Å²) in [6.07, 6.45) is 2.23. The van der Waals surface area contributed by atoms with Crippen LogP contribution in [0.15, 0.2) is 45.2 Å². The molecule has 178 valence electrons. The number of rotatable bonds is 4. The molecule has 9 nitrogen and oxygen atoms in total. The van der Waals surface area contributed by atoms with Gasteiger partial charge in [0.15, 0.2) is 5.84 Å². The Bertz CT molecular complexity index is 1020. The number of morpholine rings is 1. The van der Waals surface area contributed by atoms with Gasteiger partial charge in [0, 0.05) is 47.3 Å². The van der Waals surface area contributed by atoms with Crippen molar-refractivity contribution in [2.75, 3.05) is 25.1 Å². The summed E-state index contributed by atoms with van der Waals surface area (Å²) in [6, 6.07) is 7.77. The number of amides is 2. The average molecular weight is 474 g/mol. The third kappa shape index (κ3) is 4.85. The molecule has 1 saturated heterocycles. The molecular formula is C23H31N5O4S. The molecule has 4 aliphatic rings. The third-order valence-corrected chi connectivity index (χ3v) is 8.47. The third-order valence-electron chi connectivity index (χ3n) is 6.52. The van der Waals surface area contributed by atoms with Crippen LogP contribution in [0.3, 0.4) is 0 Å². The van der Waals surface area contributed by atoms with Crippen molar-refractivity contribution in [2.24, 2.45) is 9.98 Å². The number of hydrogen-bond acceptors (Lipinski definition) is 7. The molecule has 3 heterocycles. The molecule has 5 rings (SSSR count). The van der Waals surface area contributed by atoms with Crippen LogP contribution in [0.5, 0.6) is 0 Å². The monoisotopic (exact) mass is 473 g/mol. The highest BCUT2D eigenvalue weighted by Gasteiger charge is 2.39. The largest absolute Gasteiger partial charge is 0.379 e. The fraction of sp³-hybridized carbons (Fsp3) is 0.522. The van der Waals surface area contributed by atoms with E-state index in [1.165, 1.54) is 0 Å². The molecule has 3 atom stereocenters. The quantitative estimate of drug-likeness (QED) is 0.532. The Morgan fingerprint density at radius 1 is 1.21 bits per heavy atom. The predicted octanol–water partition coefficient (Wildman–Crippen LogP) is 3.65. The number of aliphatic imine (C=N–C) groups is 2. The van der Waals surface area contributed by atoms with Crippen LogP contribution >= 0.6 is 10.6 Å². The molecule has 1 aromatic rings. The summed E-state index contributed by atoms with van der Waals surface area (Å²) >= 11 is 0. The lowest BCUT2D eigenvalue weighted by Gasteiger charge is -2.45. The minimum atomic E-state index is -2.84. The van der Waals surface area contributed by atoms with Crippen molar-refractivity contribution in [3.05, 3.63) is 40.8 Å². The molecule has 0 aromatic heterocycles. The maximum absolute atomic E-state index is 12.0.